The van der Waals surface area contributed by atoms with E-state index < -0.39 is 56.1 Å². The lowest BCUT2D eigenvalue weighted by Gasteiger charge is -2.47. The van der Waals surface area contributed by atoms with Crippen LogP contribution in [-0.2, 0) is 27.3 Å². The van der Waals surface area contributed by atoms with E-state index in [9.17, 15) is 27.5 Å². The molecular weight excluding hydrogens is 561 g/mol. The molecule has 0 aliphatic carbocycles. The third kappa shape index (κ3) is 5.82. The predicted molar refractivity (Wildman–Crippen MR) is 140 cm³/mol. The van der Waals surface area contributed by atoms with Crippen molar-refractivity contribution in [2.45, 2.75) is 56.8 Å². The average molecular weight is 588 g/mol. The number of benzene rings is 2. The van der Waals surface area contributed by atoms with Crippen molar-refractivity contribution in [3.63, 3.8) is 0 Å². The lowest BCUT2D eigenvalue weighted by atomic mass is 9.81. The number of alkyl halides is 3. The molecular formula is C28H27Cl2F4NO4. The number of ether oxygens (including phenoxy) is 2. The average Bonchev–Trinajstić information content (AvgIpc) is 3.17. The lowest BCUT2D eigenvalue weighted by molar-refractivity contribution is -0.137. The summed E-state index contributed by atoms with van der Waals surface area (Å²) < 4.78 is 67.9. The molecule has 210 valence electrons. The van der Waals surface area contributed by atoms with Gasteiger partial charge in [-0.3, -0.25) is 0 Å². The fourth-order valence-electron chi connectivity index (χ4n) is 4.77. The van der Waals surface area contributed by atoms with Crippen LogP contribution in [0, 0.1) is 5.82 Å². The van der Waals surface area contributed by atoms with Gasteiger partial charge in [0.05, 0.1) is 35.3 Å². The molecule has 0 saturated carbocycles. The first-order chi connectivity index (χ1) is 18.0. The molecule has 1 fully saturated rings. The number of fused-ring (bicyclic) bond motifs is 2. The van der Waals surface area contributed by atoms with Crippen LogP contribution < -0.4 is 0 Å². The van der Waals surface area contributed by atoms with Crippen LogP contribution in [0.5, 0.6) is 0 Å². The van der Waals surface area contributed by atoms with Crippen molar-refractivity contribution in [3.8, 4) is 0 Å². The maximum atomic E-state index is 14.2. The van der Waals surface area contributed by atoms with Crippen molar-refractivity contribution in [1.82, 2.24) is 4.90 Å². The molecule has 1 unspecified atom stereocenters. The molecule has 11 heteroatoms. The molecule has 2 aromatic rings. The lowest BCUT2D eigenvalue weighted by Crippen LogP contribution is -2.61. The molecule has 5 nitrogen and oxygen atoms in total. The molecule has 1 amide bonds. The summed E-state index contributed by atoms with van der Waals surface area (Å²) in [6.07, 6.45) is -3.69. The number of carbonyl (C=O) groups excluding carboxylic acids is 1. The van der Waals surface area contributed by atoms with Crippen molar-refractivity contribution in [1.29, 1.82) is 0 Å². The second-order valence-electron chi connectivity index (χ2n) is 10.7. The molecule has 1 atom stereocenters. The highest BCUT2D eigenvalue weighted by Crippen LogP contribution is 2.46. The number of likely N-dealkylation sites (tertiary alicyclic amines) is 1. The van der Waals surface area contributed by atoms with Gasteiger partial charge in [0.1, 0.15) is 16.8 Å². The van der Waals surface area contributed by atoms with E-state index in [-0.39, 0.29) is 31.7 Å². The summed E-state index contributed by atoms with van der Waals surface area (Å²) in [7, 11) is 0. The largest absolute Gasteiger partial charge is 0.444 e. The second-order valence-corrected chi connectivity index (χ2v) is 11.5. The van der Waals surface area contributed by atoms with Crippen molar-refractivity contribution >= 4 is 34.9 Å². The van der Waals surface area contributed by atoms with E-state index in [2.05, 4.69) is 6.58 Å². The summed E-state index contributed by atoms with van der Waals surface area (Å²) in [5, 5.41) is 10.4. The third-order valence-corrected chi connectivity index (χ3v) is 7.13. The number of hydrogen-bond donors (Lipinski definition) is 1. The Kier molecular flexibility index (Phi) is 7.62. The highest BCUT2D eigenvalue weighted by molar-refractivity contribution is 6.35. The van der Waals surface area contributed by atoms with Crippen molar-refractivity contribution in [2.24, 2.45) is 0 Å². The van der Waals surface area contributed by atoms with E-state index in [1.54, 1.807) is 32.9 Å². The zero-order valence-electron chi connectivity index (χ0n) is 21.5. The zero-order chi connectivity index (χ0) is 29.0. The summed E-state index contributed by atoms with van der Waals surface area (Å²) in [6, 6.07) is 6.40. The normalized spacial score (nSPS) is 18.4. The molecule has 0 bridgehead atoms. The van der Waals surface area contributed by atoms with Crippen LogP contribution in [0.2, 0.25) is 10.0 Å². The molecule has 2 aliphatic heterocycles. The van der Waals surface area contributed by atoms with Gasteiger partial charge in [-0.15, -0.1) is 6.58 Å². The Morgan fingerprint density at radius 2 is 1.79 bits per heavy atom. The van der Waals surface area contributed by atoms with Crippen molar-refractivity contribution in [2.75, 3.05) is 13.1 Å². The SMILES string of the molecule is C=CCC(O)(/C=C(/c1cc(Cl)c(F)c(Cl)c1)C(F)(F)F)c1ccc2c(c1)COC21CN(C(=O)OC(C)(C)C)C1. The molecule has 0 radical (unpaired) electrons. The molecule has 2 aliphatic rings. The van der Waals surface area contributed by atoms with E-state index in [1.165, 1.54) is 17.0 Å². The molecule has 1 N–H and O–H groups in total. The third-order valence-electron chi connectivity index (χ3n) is 6.58. The van der Waals surface area contributed by atoms with Gasteiger partial charge >= 0.3 is 12.3 Å². The van der Waals surface area contributed by atoms with Gasteiger partial charge in [0.15, 0.2) is 5.82 Å². The standard InChI is InChI=1S/C28H27Cl2F4NO4/c1-5-8-26(37,12-20(28(32,33)34)16-10-21(29)23(31)22(30)11-16)18-6-7-19-17(9-18)13-38-27(19)14-35(15-27)24(36)39-25(2,3)4/h5-7,9-12,37H,1,8,13-15H2,2-4H3/b20-12-. The molecule has 39 heavy (non-hydrogen) atoms. The first kappa shape index (κ1) is 29.4. The van der Waals surface area contributed by atoms with E-state index in [0.29, 0.717) is 11.6 Å². The molecule has 4 rings (SSSR count). The van der Waals surface area contributed by atoms with Gasteiger partial charge in [0.2, 0.25) is 0 Å². The van der Waals surface area contributed by atoms with Gasteiger partial charge in [0, 0.05) is 6.42 Å². The summed E-state index contributed by atoms with van der Waals surface area (Å²) in [5.74, 6) is -1.04. The Hall–Kier alpha value is -2.59. The molecule has 1 saturated heterocycles. The zero-order valence-corrected chi connectivity index (χ0v) is 23.0. The summed E-state index contributed by atoms with van der Waals surface area (Å²) in [6.45, 7) is 9.56. The number of allylic oxidation sites excluding steroid dienone is 1. The first-order valence-electron chi connectivity index (χ1n) is 12.0. The number of amides is 1. The molecule has 1 spiro atoms. The van der Waals surface area contributed by atoms with E-state index in [1.807, 2.05) is 0 Å². The smallest absolute Gasteiger partial charge is 0.416 e. The highest BCUT2D eigenvalue weighted by Gasteiger charge is 2.53. The summed E-state index contributed by atoms with van der Waals surface area (Å²) in [4.78, 5) is 13.9. The van der Waals surface area contributed by atoms with Gasteiger partial charge in [-0.25, -0.2) is 9.18 Å². The first-order valence-corrected chi connectivity index (χ1v) is 12.8. The van der Waals surface area contributed by atoms with Gasteiger partial charge in [-0.2, -0.15) is 13.2 Å². The van der Waals surface area contributed by atoms with Crippen LogP contribution in [0.1, 0.15) is 49.4 Å². The van der Waals surface area contributed by atoms with E-state index in [0.717, 1.165) is 17.7 Å². The number of nitrogens with zero attached hydrogens (tertiary/aromatic N) is 1. The number of carbonyl (C=O) groups is 1. The topological polar surface area (TPSA) is 59.0 Å². The van der Waals surface area contributed by atoms with Gasteiger partial charge in [-0.1, -0.05) is 41.4 Å². The number of rotatable bonds is 5. The maximum Gasteiger partial charge on any atom is 0.416 e. The monoisotopic (exact) mass is 587 g/mol. The van der Waals surface area contributed by atoms with Crippen molar-refractivity contribution in [3.05, 3.63) is 87.2 Å². The molecule has 0 aromatic heterocycles. The van der Waals surface area contributed by atoms with Gasteiger partial charge in [-0.05, 0) is 67.3 Å². The Bertz CT molecular complexity index is 1320. The van der Waals surface area contributed by atoms with Crippen LogP contribution in [0.3, 0.4) is 0 Å². The Morgan fingerprint density at radius 1 is 1.18 bits per heavy atom. The van der Waals surface area contributed by atoms with Crippen LogP contribution >= 0.6 is 23.2 Å². The number of aliphatic hydroxyl groups is 1. The van der Waals surface area contributed by atoms with Crippen molar-refractivity contribution < 1.29 is 36.9 Å². The fourth-order valence-corrected chi connectivity index (χ4v) is 5.25. The van der Waals surface area contributed by atoms with Crippen LogP contribution in [0.25, 0.3) is 5.57 Å². The van der Waals surface area contributed by atoms with Crippen LogP contribution in [0.4, 0.5) is 22.4 Å². The Morgan fingerprint density at radius 3 is 2.33 bits per heavy atom. The minimum absolute atomic E-state index is 0.147. The fraction of sp³-hybridized carbons (Fsp3) is 0.393. The minimum atomic E-state index is -4.93. The second kappa shape index (κ2) is 10.1. The summed E-state index contributed by atoms with van der Waals surface area (Å²) >= 11 is 11.5. The van der Waals surface area contributed by atoms with Crippen LogP contribution in [0.15, 0.2) is 49.1 Å². The molecule has 2 aromatic carbocycles. The van der Waals surface area contributed by atoms with Gasteiger partial charge < -0.3 is 19.5 Å². The maximum absolute atomic E-state index is 14.2. The minimum Gasteiger partial charge on any atom is -0.444 e. The van der Waals surface area contributed by atoms with E-state index >= 15 is 0 Å². The number of halogens is 6. The Labute approximate surface area is 233 Å². The summed E-state index contributed by atoms with van der Waals surface area (Å²) in [5.41, 5.74) is -3.64. The quantitative estimate of drug-likeness (QED) is 0.223. The van der Waals surface area contributed by atoms with E-state index in [4.69, 9.17) is 32.7 Å². The van der Waals surface area contributed by atoms with Crippen LogP contribution in [-0.4, -0.2) is 41.0 Å². The predicted octanol–water partition coefficient (Wildman–Crippen LogP) is 7.52. The molecule has 2 heterocycles. The van der Waals surface area contributed by atoms with Gasteiger partial charge in [0.25, 0.3) is 0 Å². The Balaban J connectivity index is 1.69. The number of hydrogen-bond acceptors (Lipinski definition) is 4. The highest BCUT2D eigenvalue weighted by atomic mass is 35.5.